The van der Waals surface area contributed by atoms with Crippen molar-refractivity contribution in [2.45, 2.75) is 38.9 Å². The fourth-order valence-corrected chi connectivity index (χ4v) is 2.24. The van der Waals surface area contributed by atoms with Crippen LogP contribution in [0.25, 0.3) is 0 Å². The maximum absolute atomic E-state index is 11.9. The lowest BCUT2D eigenvalue weighted by Gasteiger charge is -2.11. The lowest BCUT2D eigenvalue weighted by Crippen LogP contribution is -2.34. The highest BCUT2D eigenvalue weighted by Gasteiger charge is 2.17. The van der Waals surface area contributed by atoms with Crippen molar-refractivity contribution >= 4 is 11.9 Å². The van der Waals surface area contributed by atoms with E-state index in [-0.39, 0.29) is 24.7 Å². The van der Waals surface area contributed by atoms with Crippen LogP contribution in [0.5, 0.6) is 5.75 Å². The third-order valence-corrected chi connectivity index (χ3v) is 3.35. The number of carbonyl (C=O) groups is 2. The molecule has 0 saturated carbocycles. The Morgan fingerprint density at radius 2 is 2.04 bits per heavy atom. The average Bonchev–Trinajstić information content (AvgIpc) is 3.04. The van der Waals surface area contributed by atoms with E-state index in [0.29, 0.717) is 17.9 Å². The number of hydrogen-bond acceptors (Lipinski definition) is 5. The molecule has 1 heterocycles. The van der Waals surface area contributed by atoms with Crippen molar-refractivity contribution in [1.82, 2.24) is 5.32 Å². The SMILES string of the molecule is CC(C)Oc1ccc(C(=O)OCC(=O)NC[C@H]2CCCO2)cc1. The Morgan fingerprint density at radius 3 is 2.65 bits per heavy atom. The second kappa shape index (κ2) is 8.53. The van der Waals surface area contributed by atoms with Gasteiger partial charge in [0, 0.05) is 13.2 Å². The molecule has 0 aliphatic carbocycles. The van der Waals surface area contributed by atoms with Gasteiger partial charge in [-0.05, 0) is 51.0 Å². The molecule has 0 unspecified atom stereocenters. The van der Waals surface area contributed by atoms with E-state index in [2.05, 4.69) is 5.32 Å². The predicted molar refractivity (Wildman–Crippen MR) is 84.5 cm³/mol. The first-order chi connectivity index (χ1) is 11.0. The maximum atomic E-state index is 11.9. The van der Waals surface area contributed by atoms with Gasteiger partial charge in [0.15, 0.2) is 6.61 Å². The summed E-state index contributed by atoms with van der Waals surface area (Å²) in [7, 11) is 0. The van der Waals surface area contributed by atoms with E-state index in [4.69, 9.17) is 14.2 Å². The van der Waals surface area contributed by atoms with Crippen molar-refractivity contribution in [1.29, 1.82) is 0 Å². The Hall–Kier alpha value is -2.08. The minimum Gasteiger partial charge on any atom is -0.491 e. The standard InChI is InChI=1S/C17H23NO5/c1-12(2)23-14-7-5-13(6-8-14)17(20)22-11-16(19)18-10-15-4-3-9-21-15/h5-8,12,15H,3-4,9-11H2,1-2H3,(H,18,19)/t15-/m1/s1. The van der Waals surface area contributed by atoms with Crippen LogP contribution in [0.2, 0.25) is 0 Å². The predicted octanol–water partition coefficient (Wildman–Crippen LogP) is 1.93. The number of benzene rings is 1. The normalized spacial score (nSPS) is 17.1. The molecule has 0 spiro atoms. The largest absolute Gasteiger partial charge is 0.491 e. The fraction of sp³-hybridized carbons (Fsp3) is 0.529. The van der Waals surface area contributed by atoms with Crippen LogP contribution in [0.15, 0.2) is 24.3 Å². The van der Waals surface area contributed by atoms with Crippen molar-refractivity contribution in [3.05, 3.63) is 29.8 Å². The van der Waals surface area contributed by atoms with E-state index < -0.39 is 5.97 Å². The van der Waals surface area contributed by atoms with Gasteiger partial charge in [0.05, 0.1) is 17.8 Å². The Kier molecular flexibility index (Phi) is 6.40. The molecular formula is C17H23NO5. The van der Waals surface area contributed by atoms with Gasteiger partial charge in [-0.2, -0.15) is 0 Å². The highest BCUT2D eigenvalue weighted by Crippen LogP contribution is 2.14. The van der Waals surface area contributed by atoms with Crippen molar-refractivity contribution in [2.75, 3.05) is 19.8 Å². The maximum Gasteiger partial charge on any atom is 0.338 e. The topological polar surface area (TPSA) is 73.9 Å². The first-order valence-electron chi connectivity index (χ1n) is 7.86. The summed E-state index contributed by atoms with van der Waals surface area (Å²) >= 11 is 0. The van der Waals surface area contributed by atoms with Crippen molar-refractivity contribution in [3.63, 3.8) is 0 Å². The summed E-state index contributed by atoms with van der Waals surface area (Å²) in [5.74, 6) is -0.173. The van der Waals surface area contributed by atoms with E-state index in [9.17, 15) is 9.59 Å². The molecule has 1 aromatic carbocycles. The molecule has 0 aromatic heterocycles. The van der Waals surface area contributed by atoms with Gasteiger partial charge >= 0.3 is 5.97 Å². The minimum atomic E-state index is -0.534. The molecule has 0 bridgehead atoms. The van der Waals surface area contributed by atoms with Crippen LogP contribution in [0.3, 0.4) is 0 Å². The molecule has 6 heteroatoms. The highest BCUT2D eigenvalue weighted by molar-refractivity contribution is 5.91. The smallest absolute Gasteiger partial charge is 0.338 e. The third-order valence-electron chi connectivity index (χ3n) is 3.35. The van der Waals surface area contributed by atoms with Crippen LogP contribution in [-0.4, -0.2) is 43.8 Å². The van der Waals surface area contributed by atoms with Gasteiger partial charge in [-0.3, -0.25) is 4.79 Å². The lowest BCUT2D eigenvalue weighted by molar-refractivity contribution is -0.124. The molecule has 2 rings (SSSR count). The van der Waals surface area contributed by atoms with Gasteiger partial charge < -0.3 is 19.5 Å². The summed E-state index contributed by atoms with van der Waals surface area (Å²) in [6, 6.07) is 6.64. The zero-order chi connectivity index (χ0) is 16.7. The fourth-order valence-electron chi connectivity index (χ4n) is 2.24. The Labute approximate surface area is 136 Å². The molecule has 1 aliphatic rings. The summed E-state index contributed by atoms with van der Waals surface area (Å²) in [5.41, 5.74) is 0.382. The van der Waals surface area contributed by atoms with Crippen LogP contribution in [0.1, 0.15) is 37.0 Å². The Morgan fingerprint density at radius 1 is 1.30 bits per heavy atom. The zero-order valence-electron chi connectivity index (χ0n) is 13.5. The molecule has 1 aliphatic heterocycles. The quantitative estimate of drug-likeness (QED) is 0.777. The summed E-state index contributed by atoms with van der Waals surface area (Å²) in [4.78, 5) is 23.5. The van der Waals surface area contributed by atoms with E-state index in [1.54, 1.807) is 24.3 Å². The van der Waals surface area contributed by atoms with Gasteiger partial charge in [0.2, 0.25) is 0 Å². The molecular weight excluding hydrogens is 298 g/mol. The highest BCUT2D eigenvalue weighted by atomic mass is 16.5. The first-order valence-corrected chi connectivity index (χ1v) is 7.86. The Bertz CT molecular complexity index is 520. The molecule has 0 radical (unpaired) electrons. The van der Waals surface area contributed by atoms with E-state index in [1.807, 2.05) is 13.8 Å². The van der Waals surface area contributed by atoms with Crippen LogP contribution in [0.4, 0.5) is 0 Å². The van der Waals surface area contributed by atoms with Crippen molar-refractivity contribution in [3.8, 4) is 5.75 Å². The Balaban J connectivity index is 1.71. The van der Waals surface area contributed by atoms with Gasteiger partial charge in [0.25, 0.3) is 5.91 Å². The molecule has 1 atom stereocenters. The number of rotatable bonds is 7. The lowest BCUT2D eigenvalue weighted by atomic mass is 10.2. The number of nitrogens with one attached hydrogen (secondary N) is 1. The van der Waals surface area contributed by atoms with Crippen LogP contribution in [-0.2, 0) is 14.3 Å². The number of hydrogen-bond donors (Lipinski definition) is 1. The third kappa shape index (κ3) is 5.90. The average molecular weight is 321 g/mol. The molecule has 6 nitrogen and oxygen atoms in total. The summed E-state index contributed by atoms with van der Waals surface area (Å²) < 4.78 is 15.9. The monoisotopic (exact) mass is 321 g/mol. The van der Waals surface area contributed by atoms with E-state index in [0.717, 1.165) is 19.4 Å². The summed E-state index contributed by atoms with van der Waals surface area (Å²) in [6.07, 6.45) is 2.11. The summed E-state index contributed by atoms with van der Waals surface area (Å²) in [6.45, 7) is 4.76. The van der Waals surface area contributed by atoms with Crippen LogP contribution < -0.4 is 10.1 Å². The molecule has 1 amide bonds. The second-order valence-corrected chi connectivity index (χ2v) is 5.71. The van der Waals surface area contributed by atoms with Gasteiger partial charge in [-0.25, -0.2) is 4.79 Å². The zero-order valence-corrected chi connectivity index (χ0v) is 13.5. The van der Waals surface area contributed by atoms with Crippen LogP contribution >= 0.6 is 0 Å². The van der Waals surface area contributed by atoms with Crippen molar-refractivity contribution in [2.24, 2.45) is 0 Å². The molecule has 1 aromatic rings. The van der Waals surface area contributed by atoms with Crippen LogP contribution in [0, 0.1) is 0 Å². The molecule has 1 saturated heterocycles. The van der Waals surface area contributed by atoms with E-state index >= 15 is 0 Å². The van der Waals surface area contributed by atoms with Gasteiger partial charge in [0.1, 0.15) is 5.75 Å². The summed E-state index contributed by atoms with van der Waals surface area (Å²) in [5, 5.41) is 2.70. The molecule has 1 N–H and O–H groups in total. The van der Waals surface area contributed by atoms with Gasteiger partial charge in [-0.1, -0.05) is 0 Å². The van der Waals surface area contributed by atoms with E-state index in [1.165, 1.54) is 0 Å². The number of amides is 1. The molecule has 1 fully saturated rings. The number of carbonyl (C=O) groups excluding carboxylic acids is 2. The van der Waals surface area contributed by atoms with Gasteiger partial charge in [-0.15, -0.1) is 0 Å². The minimum absolute atomic E-state index is 0.0698. The van der Waals surface area contributed by atoms with Crippen molar-refractivity contribution < 1.29 is 23.8 Å². The first kappa shape index (κ1) is 17.3. The number of esters is 1. The number of ether oxygens (including phenoxy) is 3. The molecule has 126 valence electrons. The second-order valence-electron chi connectivity index (χ2n) is 5.71. The molecule has 23 heavy (non-hydrogen) atoms.